The summed E-state index contributed by atoms with van der Waals surface area (Å²) in [7, 11) is 0. The predicted molar refractivity (Wildman–Crippen MR) is 37.2 cm³/mol. The molecule has 1 saturated carbocycles. The average molecular weight is 126 g/mol. The van der Waals surface area contributed by atoms with E-state index in [1.54, 1.807) is 6.92 Å². The zero-order valence-corrected chi connectivity index (χ0v) is 6.18. The van der Waals surface area contributed by atoms with Crippen molar-refractivity contribution >= 4 is 5.78 Å². The predicted octanol–water partition coefficient (Wildman–Crippen LogP) is 2.01. The molecule has 0 aromatic carbocycles. The van der Waals surface area contributed by atoms with Crippen molar-refractivity contribution in [1.29, 1.82) is 0 Å². The molecule has 0 atom stereocenters. The Kier molecular flexibility index (Phi) is 1.89. The molecule has 0 aromatic heterocycles. The molecule has 0 aromatic rings. The number of carbonyl (C=O) groups is 1. The average Bonchev–Trinajstić information content (AvgIpc) is 1.60. The molecule has 1 nitrogen and oxygen atoms in total. The molecule has 0 heterocycles. The van der Waals surface area contributed by atoms with Crippen molar-refractivity contribution in [2.75, 3.05) is 0 Å². The van der Waals surface area contributed by atoms with Gasteiger partial charge in [0.25, 0.3) is 0 Å². The molecule has 0 spiro atoms. The Bertz CT molecular complexity index is 112. The molecule has 1 heteroatoms. The molecule has 9 heavy (non-hydrogen) atoms. The Labute approximate surface area is 56.4 Å². The molecular formula is C8H14O. The summed E-state index contributed by atoms with van der Waals surface area (Å²) >= 11 is 0. The van der Waals surface area contributed by atoms with E-state index in [2.05, 4.69) is 6.92 Å². The van der Waals surface area contributed by atoms with E-state index >= 15 is 0 Å². The second-order valence-electron chi connectivity index (χ2n) is 3.35. The van der Waals surface area contributed by atoms with Crippen LogP contribution in [0.2, 0.25) is 0 Å². The maximum absolute atomic E-state index is 10.6. The lowest BCUT2D eigenvalue weighted by molar-refractivity contribution is -0.118. The molecule has 0 radical (unpaired) electrons. The van der Waals surface area contributed by atoms with E-state index < -0.39 is 0 Å². The fourth-order valence-electron chi connectivity index (χ4n) is 1.64. The van der Waals surface area contributed by atoms with E-state index in [4.69, 9.17) is 0 Å². The number of ketones is 1. The molecule has 1 rings (SSSR count). The summed E-state index contributed by atoms with van der Waals surface area (Å²) in [5.74, 6) is 1.97. The van der Waals surface area contributed by atoms with Gasteiger partial charge in [-0.25, -0.2) is 0 Å². The molecule has 1 fully saturated rings. The van der Waals surface area contributed by atoms with Crippen LogP contribution in [-0.4, -0.2) is 5.78 Å². The monoisotopic (exact) mass is 126 g/mol. The first-order valence-electron chi connectivity index (χ1n) is 3.68. The van der Waals surface area contributed by atoms with Crippen LogP contribution >= 0.6 is 0 Å². The van der Waals surface area contributed by atoms with Gasteiger partial charge in [0.05, 0.1) is 0 Å². The summed E-state index contributed by atoms with van der Waals surface area (Å²) in [6.45, 7) is 3.93. The molecule has 0 N–H and O–H groups in total. The van der Waals surface area contributed by atoms with Crippen molar-refractivity contribution in [3.8, 4) is 0 Å². The van der Waals surface area contributed by atoms with Gasteiger partial charge in [0.15, 0.2) is 0 Å². The second kappa shape index (κ2) is 2.51. The molecule has 1 aliphatic carbocycles. The van der Waals surface area contributed by atoms with E-state index in [-0.39, 0.29) is 0 Å². The number of hydrogen-bond donors (Lipinski definition) is 0. The molecule has 0 saturated heterocycles. The SMILES string of the molecule is CC(=O)CC1CC(C)C1. The zero-order valence-electron chi connectivity index (χ0n) is 6.18. The number of Topliss-reactive ketones (excluding diaryl/α,β-unsaturated/α-hetero) is 1. The third-order valence-corrected chi connectivity index (χ3v) is 2.05. The molecule has 0 unspecified atom stereocenters. The maximum atomic E-state index is 10.6. The minimum Gasteiger partial charge on any atom is -0.300 e. The Balaban J connectivity index is 2.11. The highest BCUT2D eigenvalue weighted by Crippen LogP contribution is 2.35. The smallest absolute Gasteiger partial charge is 0.130 e. The van der Waals surface area contributed by atoms with Crippen LogP contribution in [0.5, 0.6) is 0 Å². The van der Waals surface area contributed by atoms with Gasteiger partial charge in [0.2, 0.25) is 0 Å². The van der Waals surface area contributed by atoms with Gasteiger partial charge in [-0.15, -0.1) is 0 Å². The summed E-state index contributed by atoms with van der Waals surface area (Å²) in [5, 5.41) is 0. The number of hydrogen-bond acceptors (Lipinski definition) is 1. The van der Waals surface area contributed by atoms with Crippen LogP contribution in [0.3, 0.4) is 0 Å². The molecule has 0 aliphatic heterocycles. The van der Waals surface area contributed by atoms with E-state index in [1.807, 2.05) is 0 Å². The van der Waals surface area contributed by atoms with Crippen LogP contribution in [0.15, 0.2) is 0 Å². The lowest BCUT2D eigenvalue weighted by Gasteiger charge is -2.31. The van der Waals surface area contributed by atoms with Gasteiger partial charge in [0, 0.05) is 6.42 Å². The van der Waals surface area contributed by atoms with Crippen LogP contribution in [0.25, 0.3) is 0 Å². The lowest BCUT2D eigenvalue weighted by atomic mass is 9.74. The second-order valence-corrected chi connectivity index (χ2v) is 3.35. The van der Waals surface area contributed by atoms with Gasteiger partial charge in [-0.05, 0) is 31.6 Å². The highest BCUT2D eigenvalue weighted by molar-refractivity contribution is 5.75. The first kappa shape index (κ1) is 6.79. The first-order chi connectivity index (χ1) is 4.18. The Morgan fingerprint density at radius 1 is 1.56 bits per heavy atom. The topological polar surface area (TPSA) is 17.1 Å². The van der Waals surface area contributed by atoms with E-state index in [0.717, 1.165) is 18.3 Å². The summed E-state index contributed by atoms with van der Waals surface area (Å²) < 4.78 is 0. The highest BCUT2D eigenvalue weighted by Gasteiger charge is 2.25. The van der Waals surface area contributed by atoms with Crippen molar-refractivity contribution in [1.82, 2.24) is 0 Å². The van der Waals surface area contributed by atoms with Crippen LogP contribution < -0.4 is 0 Å². The third-order valence-electron chi connectivity index (χ3n) is 2.05. The molecule has 1 aliphatic rings. The minimum atomic E-state index is 0.354. The largest absolute Gasteiger partial charge is 0.300 e. The standard InChI is InChI=1S/C8H14O/c1-6-3-8(4-6)5-7(2)9/h6,8H,3-5H2,1-2H3. The van der Waals surface area contributed by atoms with Crippen LogP contribution in [0.4, 0.5) is 0 Å². The summed E-state index contributed by atoms with van der Waals surface area (Å²) in [4.78, 5) is 10.6. The Hall–Kier alpha value is -0.330. The summed E-state index contributed by atoms with van der Waals surface area (Å²) in [6, 6.07) is 0. The Morgan fingerprint density at radius 3 is 2.44 bits per heavy atom. The normalized spacial score (nSPS) is 33.6. The van der Waals surface area contributed by atoms with Crippen molar-refractivity contribution in [2.24, 2.45) is 11.8 Å². The number of rotatable bonds is 2. The van der Waals surface area contributed by atoms with Gasteiger partial charge in [-0.3, -0.25) is 0 Å². The molecule has 52 valence electrons. The van der Waals surface area contributed by atoms with Crippen molar-refractivity contribution < 1.29 is 4.79 Å². The quantitative estimate of drug-likeness (QED) is 0.553. The fourth-order valence-corrected chi connectivity index (χ4v) is 1.64. The van der Waals surface area contributed by atoms with Gasteiger partial charge in [-0.2, -0.15) is 0 Å². The fraction of sp³-hybridized carbons (Fsp3) is 0.875. The summed E-state index contributed by atoms with van der Waals surface area (Å²) in [5.41, 5.74) is 0. The molecule has 0 amide bonds. The van der Waals surface area contributed by atoms with Gasteiger partial charge >= 0.3 is 0 Å². The van der Waals surface area contributed by atoms with Crippen LogP contribution in [-0.2, 0) is 4.79 Å². The van der Waals surface area contributed by atoms with Crippen molar-refractivity contribution in [3.05, 3.63) is 0 Å². The first-order valence-corrected chi connectivity index (χ1v) is 3.68. The van der Waals surface area contributed by atoms with Crippen LogP contribution in [0, 0.1) is 11.8 Å². The van der Waals surface area contributed by atoms with E-state index in [1.165, 1.54) is 12.8 Å². The maximum Gasteiger partial charge on any atom is 0.130 e. The van der Waals surface area contributed by atoms with E-state index in [0.29, 0.717) is 5.78 Å². The van der Waals surface area contributed by atoms with Gasteiger partial charge < -0.3 is 4.79 Å². The van der Waals surface area contributed by atoms with Crippen LogP contribution in [0.1, 0.15) is 33.1 Å². The molecular weight excluding hydrogens is 112 g/mol. The molecule has 0 bridgehead atoms. The third kappa shape index (κ3) is 1.81. The lowest BCUT2D eigenvalue weighted by Crippen LogP contribution is -2.22. The minimum absolute atomic E-state index is 0.354. The highest BCUT2D eigenvalue weighted by atomic mass is 16.1. The summed E-state index contributed by atoms with van der Waals surface area (Å²) in [6.07, 6.45) is 3.38. The Morgan fingerprint density at radius 2 is 2.11 bits per heavy atom. The van der Waals surface area contributed by atoms with Crippen molar-refractivity contribution in [3.63, 3.8) is 0 Å². The van der Waals surface area contributed by atoms with Gasteiger partial charge in [0.1, 0.15) is 5.78 Å². The van der Waals surface area contributed by atoms with E-state index in [9.17, 15) is 4.79 Å². The van der Waals surface area contributed by atoms with Crippen molar-refractivity contribution in [2.45, 2.75) is 33.1 Å². The number of carbonyl (C=O) groups excluding carboxylic acids is 1. The van der Waals surface area contributed by atoms with Gasteiger partial charge in [-0.1, -0.05) is 6.92 Å². The zero-order chi connectivity index (χ0) is 6.85.